The number of nitro groups is 1. The zero-order chi connectivity index (χ0) is 12.1. The lowest BCUT2D eigenvalue weighted by molar-refractivity contribution is -0.384. The standard InChI is InChI=1S/C12H11N3O2/c16-15(17)12-6-2-1-5-11(12)14-9-10-4-3-7-13-8-10/h1-8,14H,9H2. The monoisotopic (exact) mass is 229 g/mol. The highest BCUT2D eigenvalue weighted by Gasteiger charge is 2.11. The second-order valence-corrected chi connectivity index (χ2v) is 3.49. The Morgan fingerprint density at radius 2 is 2.06 bits per heavy atom. The molecule has 1 aromatic heterocycles. The highest BCUT2D eigenvalue weighted by molar-refractivity contribution is 5.61. The molecule has 0 unspecified atom stereocenters. The van der Waals surface area contributed by atoms with Crippen molar-refractivity contribution < 1.29 is 4.92 Å². The van der Waals surface area contributed by atoms with Crippen molar-refractivity contribution in [2.75, 3.05) is 5.32 Å². The molecule has 0 bridgehead atoms. The third-order valence-corrected chi connectivity index (χ3v) is 2.31. The number of para-hydroxylation sites is 2. The van der Waals surface area contributed by atoms with Gasteiger partial charge < -0.3 is 5.32 Å². The van der Waals surface area contributed by atoms with E-state index in [2.05, 4.69) is 10.3 Å². The van der Waals surface area contributed by atoms with Gasteiger partial charge >= 0.3 is 0 Å². The molecule has 1 N–H and O–H groups in total. The average Bonchev–Trinajstić information content (AvgIpc) is 2.38. The van der Waals surface area contributed by atoms with Crippen molar-refractivity contribution >= 4 is 11.4 Å². The van der Waals surface area contributed by atoms with Crippen LogP contribution in [0.5, 0.6) is 0 Å². The fourth-order valence-electron chi connectivity index (χ4n) is 1.48. The van der Waals surface area contributed by atoms with Crippen LogP contribution in [0.1, 0.15) is 5.56 Å². The topological polar surface area (TPSA) is 68.1 Å². The highest BCUT2D eigenvalue weighted by Crippen LogP contribution is 2.23. The lowest BCUT2D eigenvalue weighted by Crippen LogP contribution is -2.02. The Bertz CT molecular complexity index is 514. The van der Waals surface area contributed by atoms with Gasteiger partial charge in [0.1, 0.15) is 5.69 Å². The number of benzene rings is 1. The van der Waals surface area contributed by atoms with E-state index in [0.717, 1.165) is 5.56 Å². The Hall–Kier alpha value is -2.43. The number of nitrogens with one attached hydrogen (secondary N) is 1. The molecule has 0 saturated carbocycles. The number of aromatic nitrogens is 1. The van der Waals surface area contributed by atoms with Gasteiger partial charge in [-0.05, 0) is 17.7 Å². The van der Waals surface area contributed by atoms with E-state index in [0.29, 0.717) is 12.2 Å². The molecule has 0 radical (unpaired) electrons. The number of hydrogen-bond donors (Lipinski definition) is 1. The summed E-state index contributed by atoms with van der Waals surface area (Å²) in [6, 6.07) is 10.3. The van der Waals surface area contributed by atoms with E-state index in [-0.39, 0.29) is 5.69 Å². The van der Waals surface area contributed by atoms with E-state index >= 15 is 0 Å². The summed E-state index contributed by atoms with van der Waals surface area (Å²) in [4.78, 5) is 14.4. The zero-order valence-electron chi connectivity index (χ0n) is 9.04. The van der Waals surface area contributed by atoms with Crippen molar-refractivity contribution in [2.45, 2.75) is 6.54 Å². The molecule has 0 spiro atoms. The second-order valence-electron chi connectivity index (χ2n) is 3.49. The fraction of sp³-hybridized carbons (Fsp3) is 0.0833. The van der Waals surface area contributed by atoms with Gasteiger partial charge in [-0.2, -0.15) is 0 Å². The van der Waals surface area contributed by atoms with Crippen molar-refractivity contribution in [3.63, 3.8) is 0 Å². The molecule has 0 aliphatic carbocycles. The summed E-state index contributed by atoms with van der Waals surface area (Å²) in [5.41, 5.74) is 1.57. The number of anilines is 1. The number of pyridine rings is 1. The minimum absolute atomic E-state index is 0.0800. The van der Waals surface area contributed by atoms with Crippen LogP contribution in [0.2, 0.25) is 0 Å². The lowest BCUT2D eigenvalue weighted by atomic mass is 10.2. The molecule has 1 heterocycles. The molecule has 5 nitrogen and oxygen atoms in total. The first-order valence-corrected chi connectivity index (χ1v) is 5.13. The summed E-state index contributed by atoms with van der Waals surface area (Å²) in [7, 11) is 0. The van der Waals surface area contributed by atoms with Crippen LogP contribution in [0.25, 0.3) is 0 Å². The van der Waals surface area contributed by atoms with Gasteiger partial charge in [-0.15, -0.1) is 0 Å². The van der Waals surface area contributed by atoms with Crippen molar-refractivity contribution in [2.24, 2.45) is 0 Å². The molecule has 2 aromatic rings. The number of hydrogen-bond acceptors (Lipinski definition) is 4. The SMILES string of the molecule is O=[N+]([O-])c1ccccc1NCc1cccnc1. The summed E-state index contributed by atoms with van der Waals surface area (Å²) in [5, 5.41) is 13.8. The molecule has 0 saturated heterocycles. The quantitative estimate of drug-likeness (QED) is 0.646. The van der Waals surface area contributed by atoms with E-state index in [4.69, 9.17) is 0 Å². The maximum Gasteiger partial charge on any atom is 0.292 e. The molecule has 17 heavy (non-hydrogen) atoms. The maximum atomic E-state index is 10.8. The molecular formula is C12H11N3O2. The van der Waals surface area contributed by atoms with Crippen molar-refractivity contribution in [1.82, 2.24) is 4.98 Å². The molecule has 0 aliphatic rings. The summed E-state index contributed by atoms with van der Waals surface area (Å²) >= 11 is 0. The van der Waals surface area contributed by atoms with Gasteiger partial charge in [0.05, 0.1) is 4.92 Å². The average molecular weight is 229 g/mol. The van der Waals surface area contributed by atoms with Gasteiger partial charge in [0.25, 0.3) is 5.69 Å². The Morgan fingerprint density at radius 3 is 2.76 bits per heavy atom. The minimum Gasteiger partial charge on any atom is -0.375 e. The molecule has 86 valence electrons. The van der Waals surface area contributed by atoms with Crippen LogP contribution in [-0.2, 0) is 6.54 Å². The summed E-state index contributed by atoms with van der Waals surface area (Å²) in [6.07, 6.45) is 3.41. The van der Waals surface area contributed by atoms with Gasteiger partial charge in [-0.1, -0.05) is 18.2 Å². The summed E-state index contributed by atoms with van der Waals surface area (Å²) < 4.78 is 0. The van der Waals surface area contributed by atoms with E-state index in [1.54, 1.807) is 30.6 Å². The Kier molecular flexibility index (Phi) is 3.30. The fourth-order valence-corrected chi connectivity index (χ4v) is 1.48. The normalized spacial score (nSPS) is 9.88. The van der Waals surface area contributed by atoms with E-state index < -0.39 is 4.92 Å². The molecule has 0 atom stereocenters. The zero-order valence-corrected chi connectivity index (χ0v) is 9.04. The molecule has 1 aromatic carbocycles. The first-order valence-electron chi connectivity index (χ1n) is 5.13. The first kappa shape index (κ1) is 11.1. The predicted octanol–water partition coefficient (Wildman–Crippen LogP) is 2.60. The third kappa shape index (κ3) is 2.78. The number of rotatable bonds is 4. The van der Waals surface area contributed by atoms with Crippen LogP contribution in [0.3, 0.4) is 0 Å². The van der Waals surface area contributed by atoms with Crippen molar-refractivity contribution in [3.05, 3.63) is 64.5 Å². The molecular weight excluding hydrogens is 218 g/mol. The van der Waals surface area contributed by atoms with Crippen LogP contribution in [0, 0.1) is 10.1 Å². The van der Waals surface area contributed by atoms with Crippen LogP contribution < -0.4 is 5.32 Å². The van der Waals surface area contributed by atoms with Gasteiger partial charge in [0, 0.05) is 25.0 Å². The second kappa shape index (κ2) is 5.07. The summed E-state index contributed by atoms with van der Waals surface area (Å²) in [5.74, 6) is 0. The Morgan fingerprint density at radius 1 is 1.24 bits per heavy atom. The van der Waals surface area contributed by atoms with Crippen LogP contribution >= 0.6 is 0 Å². The molecule has 0 aliphatic heterocycles. The van der Waals surface area contributed by atoms with E-state index in [9.17, 15) is 10.1 Å². The Balaban J connectivity index is 2.12. The van der Waals surface area contributed by atoms with E-state index in [1.165, 1.54) is 6.07 Å². The smallest absolute Gasteiger partial charge is 0.292 e. The van der Waals surface area contributed by atoms with Gasteiger partial charge in [0.15, 0.2) is 0 Å². The molecule has 0 amide bonds. The summed E-state index contributed by atoms with van der Waals surface area (Å²) in [6.45, 7) is 0.513. The van der Waals surface area contributed by atoms with Gasteiger partial charge in [0.2, 0.25) is 0 Å². The molecule has 2 rings (SSSR count). The van der Waals surface area contributed by atoms with Crippen LogP contribution in [0.15, 0.2) is 48.8 Å². The largest absolute Gasteiger partial charge is 0.375 e. The number of nitrogens with zero attached hydrogens (tertiary/aromatic N) is 2. The van der Waals surface area contributed by atoms with Crippen molar-refractivity contribution in [1.29, 1.82) is 0 Å². The van der Waals surface area contributed by atoms with Crippen LogP contribution in [-0.4, -0.2) is 9.91 Å². The first-order chi connectivity index (χ1) is 8.27. The molecule has 0 fully saturated rings. The minimum atomic E-state index is -0.397. The number of nitro benzene ring substituents is 1. The highest BCUT2D eigenvalue weighted by atomic mass is 16.6. The van der Waals surface area contributed by atoms with Gasteiger partial charge in [-0.25, -0.2) is 0 Å². The van der Waals surface area contributed by atoms with Crippen molar-refractivity contribution in [3.8, 4) is 0 Å². The van der Waals surface area contributed by atoms with E-state index in [1.807, 2.05) is 12.1 Å². The Labute approximate surface area is 98.3 Å². The third-order valence-electron chi connectivity index (χ3n) is 2.31. The van der Waals surface area contributed by atoms with Gasteiger partial charge in [-0.3, -0.25) is 15.1 Å². The molecule has 5 heteroatoms. The predicted molar refractivity (Wildman–Crippen MR) is 64.7 cm³/mol. The maximum absolute atomic E-state index is 10.8. The lowest BCUT2D eigenvalue weighted by Gasteiger charge is -2.06. The van der Waals surface area contributed by atoms with Crippen LogP contribution in [0.4, 0.5) is 11.4 Å².